The van der Waals surface area contributed by atoms with Crippen LogP contribution >= 0.6 is 24.0 Å². The van der Waals surface area contributed by atoms with Crippen molar-refractivity contribution in [2.75, 3.05) is 13.1 Å². The Morgan fingerprint density at radius 2 is 2.09 bits per heavy atom. The van der Waals surface area contributed by atoms with Gasteiger partial charge in [-0.25, -0.2) is 0 Å². The van der Waals surface area contributed by atoms with Gasteiger partial charge in [-0.1, -0.05) is 6.92 Å². The van der Waals surface area contributed by atoms with Crippen molar-refractivity contribution in [1.82, 2.24) is 20.4 Å². The SMILES string of the molecule is CCNC(=NCCCn1cc(C)cn1)NC1CCC(C)CC1.I. The molecule has 2 N–H and O–H groups in total. The topological polar surface area (TPSA) is 54.2 Å². The van der Waals surface area contributed by atoms with Crippen molar-refractivity contribution in [3.8, 4) is 0 Å². The number of rotatable bonds is 6. The average Bonchev–Trinajstić information content (AvgIpc) is 2.91. The summed E-state index contributed by atoms with van der Waals surface area (Å²) in [7, 11) is 0. The van der Waals surface area contributed by atoms with E-state index in [1.807, 2.05) is 10.9 Å². The highest BCUT2D eigenvalue weighted by atomic mass is 127. The molecule has 23 heavy (non-hydrogen) atoms. The first-order valence-electron chi connectivity index (χ1n) is 8.71. The van der Waals surface area contributed by atoms with E-state index < -0.39 is 0 Å². The minimum atomic E-state index is 0. The van der Waals surface area contributed by atoms with Gasteiger partial charge in [0.15, 0.2) is 5.96 Å². The predicted molar refractivity (Wildman–Crippen MR) is 108 cm³/mol. The molecule has 5 nitrogen and oxygen atoms in total. The van der Waals surface area contributed by atoms with Crippen LogP contribution in [0.25, 0.3) is 0 Å². The molecule has 0 aliphatic heterocycles. The molecule has 0 atom stereocenters. The Labute approximate surface area is 157 Å². The zero-order valence-corrected chi connectivity index (χ0v) is 17.0. The number of halogens is 1. The molecule has 0 saturated heterocycles. The van der Waals surface area contributed by atoms with Crippen LogP contribution in [0.15, 0.2) is 17.4 Å². The highest BCUT2D eigenvalue weighted by Crippen LogP contribution is 2.23. The number of hydrogen-bond donors (Lipinski definition) is 2. The second kappa shape index (κ2) is 10.9. The largest absolute Gasteiger partial charge is 0.357 e. The summed E-state index contributed by atoms with van der Waals surface area (Å²) in [4.78, 5) is 4.70. The minimum absolute atomic E-state index is 0. The first kappa shape index (κ1) is 20.3. The van der Waals surface area contributed by atoms with Crippen LogP contribution in [0, 0.1) is 12.8 Å². The van der Waals surface area contributed by atoms with Crippen LogP contribution in [0.5, 0.6) is 0 Å². The molecule has 1 fully saturated rings. The van der Waals surface area contributed by atoms with Crippen LogP contribution in [0.2, 0.25) is 0 Å². The lowest BCUT2D eigenvalue weighted by molar-refractivity contribution is 0.329. The molecule has 1 saturated carbocycles. The van der Waals surface area contributed by atoms with Gasteiger partial charge in [-0.2, -0.15) is 5.10 Å². The van der Waals surface area contributed by atoms with Gasteiger partial charge in [-0.15, -0.1) is 24.0 Å². The summed E-state index contributed by atoms with van der Waals surface area (Å²) in [5.41, 5.74) is 1.21. The van der Waals surface area contributed by atoms with Gasteiger partial charge in [0.1, 0.15) is 0 Å². The molecule has 0 bridgehead atoms. The fourth-order valence-electron chi connectivity index (χ4n) is 2.93. The lowest BCUT2D eigenvalue weighted by Crippen LogP contribution is -2.44. The van der Waals surface area contributed by atoms with Crippen LogP contribution in [0.4, 0.5) is 0 Å². The van der Waals surface area contributed by atoms with E-state index in [0.717, 1.165) is 37.9 Å². The van der Waals surface area contributed by atoms with E-state index in [9.17, 15) is 0 Å². The third-order valence-electron chi connectivity index (χ3n) is 4.28. The van der Waals surface area contributed by atoms with Gasteiger partial charge in [0, 0.05) is 31.9 Å². The monoisotopic (exact) mass is 433 g/mol. The Morgan fingerprint density at radius 3 is 2.70 bits per heavy atom. The van der Waals surface area contributed by atoms with Gasteiger partial charge in [0.2, 0.25) is 0 Å². The van der Waals surface area contributed by atoms with Crippen molar-refractivity contribution in [3.63, 3.8) is 0 Å². The standard InChI is InChI=1S/C17H31N5.HI/c1-4-18-17(21-16-8-6-14(2)7-9-16)19-10-5-11-22-13-15(3)12-20-22;/h12-14,16H,4-11H2,1-3H3,(H2,18,19,21);1H. The molecule has 0 amide bonds. The Bertz CT molecular complexity index is 463. The fourth-order valence-corrected chi connectivity index (χ4v) is 2.93. The van der Waals surface area contributed by atoms with Gasteiger partial charge in [-0.3, -0.25) is 9.67 Å². The predicted octanol–water partition coefficient (Wildman–Crippen LogP) is 3.33. The summed E-state index contributed by atoms with van der Waals surface area (Å²) in [6.45, 7) is 9.21. The quantitative estimate of drug-likeness (QED) is 0.313. The third kappa shape index (κ3) is 7.54. The molecular formula is C17H32IN5. The van der Waals surface area contributed by atoms with E-state index in [4.69, 9.17) is 4.99 Å². The second-order valence-corrected chi connectivity index (χ2v) is 6.50. The Kier molecular flexibility index (Phi) is 9.59. The number of aryl methyl sites for hydroxylation is 2. The number of aliphatic imine (C=N–C) groups is 1. The highest BCUT2D eigenvalue weighted by Gasteiger charge is 2.18. The molecule has 0 unspecified atom stereocenters. The maximum atomic E-state index is 4.70. The van der Waals surface area contributed by atoms with Crippen LogP contribution < -0.4 is 10.6 Å². The van der Waals surface area contributed by atoms with Gasteiger partial charge in [0.05, 0.1) is 6.20 Å². The lowest BCUT2D eigenvalue weighted by Gasteiger charge is -2.28. The summed E-state index contributed by atoms with van der Waals surface area (Å²) in [5, 5.41) is 11.3. The zero-order valence-electron chi connectivity index (χ0n) is 14.7. The van der Waals surface area contributed by atoms with Crippen LogP contribution in [0.1, 0.15) is 51.5 Å². The van der Waals surface area contributed by atoms with Crippen LogP contribution in [0.3, 0.4) is 0 Å². The minimum Gasteiger partial charge on any atom is -0.357 e. The number of aromatic nitrogens is 2. The molecule has 2 rings (SSSR count). The molecule has 1 aliphatic carbocycles. The van der Waals surface area contributed by atoms with E-state index in [1.54, 1.807) is 0 Å². The lowest BCUT2D eigenvalue weighted by atomic mass is 9.87. The van der Waals surface area contributed by atoms with E-state index >= 15 is 0 Å². The van der Waals surface area contributed by atoms with E-state index in [1.165, 1.54) is 31.2 Å². The highest BCUT2D eigenvalue weighted by molar-refractivity contribution is 14.0. The Hall–Kier alpha value is -0.790. The Morgan fingerprint density at radius 1 is 1.35 bits per heavy atom. The zero-order chi connectivity index (χ0) is 15.8. The van der Waals surface area contributed by atoms with Gasteiger partial charge in [0.25, 0.3) is 0 Å². The first-order chi connectivity index (χ1) is 10.7. The van der Waals surface area contributed by atoms with Crippen molar-refractivity contribution in [2.45, 2.75) is 65.5 Å². The van der Waals surface area contributed by atoms with Crippen molar-refractivity contribution in [3.05, 3.63) is 18.0 Å². The third-order valence-corrected chi connectivity index (χ3v) is 4.28. The van der Waals surface area contributed by atoms with Crippen LogP contribution in [-0.2, 0) is 6.54 Å². The van der Waals surface area contributed by atoms with Crippen molar-refractivity contribution >= 4 is 29.9 Å². The molecular weight excluding hydrogens is 401 g/mol. The van der Waals surface area contributed by atoms with Gasteiger partial charge >= 0.3 is 0 Å². The first-order valence-corrected chi connectivity index (χ1v) is 8.71. The summed E-state index contributed by atoms with van der Waals surface area (Å²) in [6.07, 6.45) is 10.2. The van der Waals surface area contributed by atoms with E-state index in [0.29, 0.717) is 6.04 Å². The van der Waals surface area contributed by atoms with E-state index in [-0.39, 0.29) is 24.0 Å². The number of hydrogen-bond acceptors (Lipinski definition) is 2. The average molecular weight is 433 g/mol. The summed E-state index contributed by atoms with van der Waals surface area (Å²) in [5.74, 6) is 1.86. The maximum Gasteiger partial charge on any atom is 0.191 e. The Balaban J connectivity index is 0.00000264. The molecule has 1 aliphatic rings. The molecule has 6 heteroatoms. The normalized spacial score (nSPS) is 21.6. The summed E-state index contributed by atoms with van der Waals surface area (Å²) < 4.78 is 1.99. The second-order valence-electron chi connectivity index (χ2n) is 6.50. The van der Waals surface area contributed by atoms with Crippen molar-refractivity contribution < 1.29 is 0 Å². The van der Waals surface area contributed by atoms with Crippen molar-refractivity contribution in [2.24, 2.45) is 10.9 Å². The molecule has 1 aromatic heterocycles. The van der Waals surface area contributed by atoms with Gasteiger partial charge in [-0.05, 0) is 57.4 Å². The number of guanidine groups is 1. The van der Waals surface area contributed by atoms with Gasteiger partial charge < -0.3 is 10.6 Å². The summed E-state index contributed by atoms with van der Waals surface area (Å²) in [6, 6.07) is 0.586. The van der Waals surface area contributed by atoms with Crippen LogP contribution in [-0.4, -0.2) is 34.9 Å². The molecule has 0 aromatic carbocycles. The number of nitrogens with zero attached hydrogens (tertiary/aromatic N) is 3. The molecule has 0 spiro atoms. The molecule has 132 valence electrons. The number of nitrogens with one attached hydrogen (secondary N) is 2. The van der Waals surface area contributed by atoms with Crippen molar-refractivity contribution in [1.29, 1.82) is 0 Å². The molecule has 1 heterocycles. The van der Waals surface area contributed by atoms with E-state index in [2.05, 4.69) is 42.7 Å². The smallest absolute Gasteiger partial charge is 0.191 e. The maximum absolute atomic E-state index is 4.70. The summed E-state index contributed by atoms with van der Waals surface area (Å²) >= 11 is 0. The molecule has 1 aromatic rings. The fraction of sp³-hybridized carbons (Fsp3) is 0.765. The molecule has 0 radical (unpaired) electrons.